The second kappa shape index (κ2) is 9.37. The minimum absolute atomic E-state index is 0.00898. The molecule has 226 valence electrons. The monoisotopic (exact) mass is 565 g/mol. The van der Waals surface area contributed by atoms with E-state index in [1.54, 1.807) is 12.5 Å². The molecule has 0 radical (unpaired) electrons. The minimum Gasteiger partial charge on any atom is -0.462 e. The number of anilines is 1. The second-order valence-electron chi connectivity index (χ2n) is 16.0. The summed E-state index contributed by atoms with van der Waals surface area (Å²) in [6, 6.07) is 0. The maximum absolute atomic E-state index is 14.1. The molecule has 8 heteroatoms. The summed E-state index contributed by atoms with van der Waals surface area (Å²) in [7, 11) is 0. The third-order valence-electron chi connectivity index (χ3n) is 14.3. The van der Waals surface area contributed by atoms with Crippen molar-refractivity contribution >= 4 is 17.8 Å². The summed E-state index contributed by atoms with van der Waals surface area (Å²) < 4.78 is 5.92. The molecule has 0 aliphatic heterocycles. The van der Waals surface area contributed by atoms with Crippen molar-refractivity contribution in [2.75, 3.05) is 5.32 Å². The van der Waals surface area contributed by atoms with Gasteiger partial charge in [-0.05, 0) is 109 Å². The topological polar surface area (TPSA) is 110 Å². The number of carbonyl (C=O) groups excluding carboxylic acids is 2. The predicted molar refractivity (Wildman–Crippen MR) is 157 cm³/mol. The Hall–Kier alpha value is -2.25. The number of rotatable bonds is 3. The molecule has 10 atom stereocenters. The first-order valence-corrected chi connectivity index (χ1v) is 16.1. The van der Waals surface area contributed by atoms with Crippen molar-refractivity contribution in [2.45, 2.75) is 119 Å². The van der Waals surface area contributed by atoms with Crippen LogP contribution in [0.15, 0.2) is 11.6 Å². The fourth-order valence-electron chi connectivity index (χ4n) is 11.7. The average molecular weight is 566 g/mol. The molecule has 6 rings (SSSR count). The fourth-order valence-corrected chi connectivity index (χ4v) is 11.7. The van der Waals surface area contributed by atoms with Gasteiger partial charge in [0.1, 0.15) is 6.10 Å². The molecule has 1 aromatic rings. The smallest absolute Gasteiger partial charge is 0.302 e. The minimum atomic E-state index is -0.438. The number of aromatic nitrogens is 4. The van der Waals surface area contributed by atoms with E-state index in [-0.39, 0.29) is 51.5 Å². The molecule has 2 N–H and O–H groups in total. The van der Waals surface area contributed by atoms with Gasteiger partial charge < -0.3 is 4.74 Å². The summed E-state index contributed by atoms with van der Waals surface area (Å²) in [5, 5.41) is 17.3. The first-order valence-electron chi connectivity index (χ1n) is 16.1. The van der Waals surface area contributed by atoms with Gasteiger partial charge in [0.15, 0.2) is 0 Å². The lowest BCUT2D eigenvalue weighted by Gasteiger charge is -2.71. The predicted octanol–water partition coefficient (Wildman–Crippen LogP) is 6.73. The molecule has 5 aliphatic rings. The number of allylic oxidation sites excluding steroid dienone is 2. The third-order valence-corrected chi connectivity index (χ3v) is 14.3. The van der Waals surface area contributed by atoms with Crippen LogP contribution in [0, 0.1) is 56.7 Å². The number of nitrogens with one attached hydrogen (secondary N) is 2. The van der Waals surface area contributed by atoms with E-state index in [2.05, 4.69) is 80.5 Å². The molecule has 0 aromatic carbocycles. The van der Waals surface area contributed by atoms with Crippen LogP contribution in [0.25, 0.3) is 0 Å². The van der Waals surface area contributed by atoms with Gasteiger partial charge in [0.25, 0.3) is 5.95 Å². The van der Waals surface area contributed by atoms with E-state index < -0.39 is 5.41 Å². The number of hydrogen-bond donors (Lipinski definition) is 2. The number of fused-ring (bicyclic) bond motifs is 7. The SMILES string of the molecule is CC(=O)O[C@H]1CC[C@]2(C)[C@H]3CC=C4[C@@H]5[C@@H](C)[C@H](C)CC[C@]5(C(=O)Nc5nn[nH]n5)CC[C@@]4(C)[C@]3(C)CC[C@H]2C1(C)C. The van der Waals surface area contributed by atoms with Crippen LogP contribution in [-0.4, -0.2) is 38.6 Å². The Morgan fingerprint density at radius 2 is 1.73 bits per heavy atom. The lowest BCUT2D eigenvalue weighted by Crippen LogP contribution is -2.65. The molecule has 1 heterocycles. The van der Waals surface area contributed by atoms with Crippen LogP contribution in [0.5, 0.6) is 0 Å². The van der Waals surface area contributed by atoms with Gasteiger partial charge in [-0.25, -0.2) is 0 Å². The van der Waals surface area contributed by atoms with E-state index in [0.717, 1.165) is 51.4 Å². The van der Waals surface area contributed by atoms with Gasteiger partial charge >= 0.3 is 5.97 Å². The Morgan fingerprint density at radius 1 is 0.976 bits per heavy atom. The van der Waals surface area contributed by atoms with E-state index in [1.807, 2.05) is 0 Å². The van der Waals surface area contributed by atoms with Crippen molar-refractivity contribution in [2.24, 2.45) is 56.7 Å². The molecule has 1 amide bonds. The number of nitrogens with zero attached hydrogens (tertiary/aromatic N) is 3. The normalized spacial score (nSPS) is 46.6. The van der Waals surface area contributed by atoms with E-state index in [0.29, 0.717) is 23.7 Å². The van der Waals surface area contributed by atoms with Crippen molar-refractivity contribution in [3.63, 3.8) is 0 Å². The summed E-state index contributed by atoms with van der Waals surface area (Å²) >= 11 is 0. The maximum atomic E-state index is 14.1. The standard InChI is InChI=1S/C33H51N5O3/c1-19-11-16-33(27(40)34-28-35-37-38-36-28)18-17-31(7)22(26(33)20(19)2)9-10-24-30(6)14-13-25(41-21(3)39)29(4,5)23(30)12-15-32(24,31)8/h9,19-20,23-26H,10-18H2,1-8H3,(H2,34,35,36,37,38,40)/t19-,20+,23+,24-,25+,26+,30+,31-,32-,33+/m1/s1. The highest BCUT2D eigenvalue weighted by molar-refractivity contribution is 5.94. The van der Waals surface area contributed by atoms with Gasteiger partial charge in [-0.1, -0.05) is 65.2 Å². The molecule has 1 aromatic heterocycles. The van der Waals surface area contributed by atoms with Gasteiger partial charge in [0.2, 0.25) is 5.91 Å². The number of amides is 1. The van der Waals surface area contributed by atoms with E-state index in [9.17, 15) is 9.59 Å². The molecule has 0 saturated heterocycles. The van der Waals surface area contributed by atoms with Gasteiger partial charge in [0, 0.05) is 12.3 Å². The summed E-state index contributed by atoms with van der Waals surface area (Å²) in [4.78, 5) is 26.1. The Morgan fingerprint density at radius 3 is 2.41 bits per heavy atom. The van der Waals surface area contributed by atoms with Crippen LogP contribution in [0.3, 0.4) is 0 Å². The number of H-pyrrole nitrogens is 1. The number of esters is 1. The van der Waals surface area contributed by atoms with Crippen LogP contribution in [0.1, 0.15) is 113 Å². The lowest BCUT2D eigenvalue weighted by molar-refractivity contribution is -0.212. The zero-order chi connectivity index (χ0) is 29.6. The highest BCUT2D eigenvalue weighted by Crippen LogP contribution is 2.76. The number of aromatic amines is 1. The summed E-state index contributed by atoms with van der Waals surface area (Å²) in [5.41, 5.74) is 1.46. The summed E-state index contributed by atoms with van der Waals surface area (Å²) in [6.45, 7) is 18.7. The van der Waals surface area contributed by atoms with Gasteiger partial charge in [-0.3, -0.25) is 14.9 Å². The van der Waals surface area contributed by atoms with Crippen LogP contribution in [0.2, 0.25) is 0 Å². The summed E-state index contributed by atoms with van der Waals surface area (Å²) in [5.74, 6) is 2.48. The van der Waals surface area contributed by atoms with Crippen molar-refractivity contribution in [1.29, 1.82) is 0 Å². The molecule has 8 nitrogen and oxygen atoms in total. The van der Waals surface area contributed by atoms with Crippen LogP contribution >= 0.6 is 0 Å². The fraction of sp³-hybridized carbons (Fsp3) is 0.848. The largest absolute Gasteiger partial charge is 0.462 e. The molecule has 4 saturated carbocycles. The first-order chi connectivity index (χ1) is 19.2. The van der Waals surface area contributed by atoms with Crippen LogP contribution < -0.4 is 5.32 Å². The number of ether oxygens (including phenoxy) is 1. The number of hydrogen-bond acceptors (Lipinski definition) is 6. The Labute approximate surface area is 245 Å². The van der Waals surface area contributed by atoms with Crippen molar-refractivity contribution in [3.8, 4) is 0 Å². The Balaban J connectivity index is 1.39. The zero-order valence-electron chi connectivity index (χ0n) is 26.5. The Kier molecular flexibility index (Phi) is 6.60. The van der Waals surface area contributed by atoms with Crippen molar-refractivity contribution in [1.82, 2.24) is 20.6 Å². The van der Waals surface area contributed by atoms with Gasteiger partial charge in [-0.2, -0.15) is 5.21 Å². The number of carbonyl (C=O) groups is 2. The number of tetrazole rings is 1. The molecule has 0 unspecified atom stereocenters. The highest BCUT2D eigenvalue weighted by Gasteiger charge is 2.69. The summed E-state index contributed by atoms with van der Waals surface area (Å²) in [6.07, 6.45) is 12.0. The molecule has 41 heavy (non-hydrogen) atoms. The zero-order valence-corrected chi connectivity index (χ0v) is 26.5. The van der Waals surface area contributed by atoms with Crippen LogP contribution in [-0.2, 0) is 14.3 Å². The Bertz CT molecular complexity index is 1240. The second-order valence-corrected chi connectivity index (χ2v) is 16.0. The van der Waals surface area contributed by atoms with Crippen LogP contribution in [0.4, 0.5) is 5.95 Å². The van der Waals surface area contributed by atoms with Crippen molar-refractivity contribution in [3.05, 3.63) is 11.6 Å². The molecular weight excluding hydrogens is 514 g/mol. The maximum Gasteiger partial charge on any atom is 0.302 e. The molecule has 0 spiro atoms. The van der Waals surface area contributed by atoms with Gasteiger partial charge in [0.05, 0.1) is 5.41 Å². The van der Waals surface area contributed by atoms with Gasteiger partial charge in [-0.15, -0.1) is 5.10 Å². The lowest BCUT2D eigenvalue weighted by atomic mass is 9.33. The van der Waals surface area contributed by atoms with E-state index in [4.69, 9.17) is 4.74 Å². The average Bonchev–Trinajstić information content (AvgIpc) is 3.41. The highest BCUT2D eigenvalue weighted by atomic mass is 16.5. The van der Waals surface area contributed by atoms with E-state index in [1.165, 1.54) is 6.42 Å². The van der Waals surface area contributed by atoms with E-state index >= 15 is 0 Å². The third kappa shape index (κ3) is 3.86. The van der Waals surface area contributed by atoms with Crippen molar-refractivity contribution < 1.29 is 14.3 Å². The molecule has 0 bridgehead atoms. The molecule has 4 fully saturated rings. The molecular formula is C33H51N5O3. The quantitative estimate of drug-likeness (QED) is 0.311. The molecule has 5 aliphatic carbocycles. The first kappa shape index (κ1) is 28.9.